The fraction of sp³-hybridized carbons (Fsp3) is 0.333. The van der Waals surface area contributed by atoms with Gasteiger partial charge in [-0.1, -0.05) is 37.1 Å². The Hall–Kier alpha value is -1.61. The standard InChI is InChI=1S/C15H18ClN3/c1-4-5-12-6-8-13(9-7-12)19-15-10(2)14(16)17-11(3)18-15/h6-9H,4-5H2,1-3H3,(H,17,18,19). The van der Waals surface area contributed by atoms with Crippen LogP contribution in [0.25, 0.3) is 0 Å². The Morgan fingerprint density at radius 1 is 1.11 bits per heavy atom. The fourth-order valence-electron chi connectivity index (χ4n) is 1.90. The summed E-state index contributed by atoms with van der Waals surface area (Å²) < 4.78 is 0. The van der Waals surface area contributed by atoms with Gasteiger partial charge in [0.05, 0.1) is 0 Å². The quantitative estimate of drug-likeness (QED) is 0.838. The highest BCUT2D eigenvalue weighted by molar-refractivity contribution is 6.30. The van der Waals surface area contributed by atoms with Gasteiger partial charge in [-0.05, 0) is 38.0 Å². The van der Waals surface area contributed by atoms with E-state index < -0.39 is 0 Å². The molecule has 0 fully saturated rings. The summed E-state index contributed by atoms with van der Waals surface area (Å²) >= 11 is 6.06. The van der Waals surface area contributed by atoms with Gasteiger partial charge in [0, 0.05) is 11.3 Å². The van der Waals surface area contributed by atoms with Gasteiger partial charge in [-0.15, -0.1) is 0 Å². The van der Waals surface area contributed by atoms with Crippen LogP contribution in [0.2, 0.25) is 5.15 Å². The van der Waals surface area contributed by atoms with Gasteiger partial charge in [0.1, 0.15) is 16.8 Å². The van der Waals surface area contributed by atoms with E-state index in [1.165, 1.54) is 5.56 Å². The number of anilines is 2. The first-order chi connectivity index (χ1) is 9.10. The van der Waals surface area contributed by atoms with Gasteiger partial charge >= 0.3 is 0 Å². The molecular weight excluding hydrogens is 258 g/mol. The van der Waals surface area contributed by atoms with Crippen molar-refractivity contribution in [1.82, 2.24) is 9.97 Å². The summed E-state index contributed by atoms with van der Waals surface area (Å²) in [6.45, 7) is 5.93. The van der Waals surface area contributed by atoms with E-state index >= 15 is 0 Å². The largest absolute Gasteiger partial charge is 0.340 e. The molecule has 0 saturated carbocycles. The molecule has 2 aromatic rings. The van der Waals surface area contributed by atoms with Crippen LogP contribution in [0.4, 0.5) is 11.5 Å². The smallest absolute Gasteiger partial charge is 0.138 e. The van der Waals surface area contributed by atoms with E-state index in [1.54, 1.807) is 0 Å². The molecule has 3 nitrogen and oxygen atoms in total. The van der Waals surface area contributed by atoms with Gasteiger partial charge in [-0.25, -0.2) is 9.97 Å². The van der Waals surface area contributed by atoms with E-state index in [1.807, 2.05) is 13.8 Å². The molecule has 0 spiro atoms. The van der Waals surface area contributed by atoms with Gasteiger partial charge < -0.3 is 5.32 Å². The monoisotopic (exact) mass is 275 g/mol. The maximum absolute atomic E-state index is 6.06. The number of hydrogen-bond donors (Lipinski definition) is 1. The van der Waals surface area contributed by atoms with Crippen molar-refractivity contribution in [2.75, 3.05) is 5.32 Å². The summed E-state index contributed by atoms with van der Waals surface area (Å²) in [6, 6.07) is 8.40. The molecule has 0 amide bonds. The molecule has 100 valence electrons. The molecular formula is C15H18ClN3. The average molecular weight is 276 g/mol. The second kappa shape index (κ2) is 6.02. The molecule has 0 atom stereocenters. The number of nitrogens with zero attached hydrogens (tertiary/aromatic N) is 2. The SMILES string of the molecule is CCCc1ccc(Nc2nc(C)nc(Cl)c2C)cc1. The molecule has 1 heterocycles. The third-order valence-electron chi connectivity index (χ3n) is 2.95. The molecule has 0 bridgehead atoms. The Labute approximate surface area is 119 Å². The summed E-state index contributed by atoms with van der Waals surface area (Å²) in [5.74, 6) is 1.43. The first-order valence-corrected chi connectivity index (χ1v) is 6.84. The van der Waals surface area contributed by atoms with Crippen molar-refractivity contribution in [2.24, 2.45) is 0 Å². The molecule has 0 aliphatic carbocycles. The highest BCUT2D eigenvalue weighted by Gasteiger charge is 2.07. The summed E-state index contributed by atoms with van der Waals surface area (Å²) in [5.41, 5.74) is 3.23. The maximum Gasteiger partial charge on any atom is 0.138 e. The highest BCUT2D eigenvalue weighted by atomic mass is 35.5. The van der Waals surface area contributed by atoms with E-state index in [0.29, 0.717) is 11.0 Å². The van der Waals surface area contributed by atoms with E-state index in [0.717, 1.165) is 29.9 Å². The van der Waals surface area contributed by atoms with Crippen molar-refractivity contribution in [3.8, 4) is 0 Å². The van der Waals surface area contributed by atoms with E-state index in [-0.39, 0.29) is 0 Å². The Bertz CT molecular complexity index is 564. The van der Waals surface area contributed by atoms with E-state index in [9.17, 15) is 0 Å². The van der Waals surface area contributed by atoms with Gasteiger partial charge in [0.2, 0.25) is 0 Å². The first kappa shape index (κ1) is 13.8. The summed E-state index contributed by atoms with van der Waals surface area (Å²) in [5, 5.41) is 3.79. The van der Waals surface area contributed by atoms with Crippen LogP contribution < -0.4 is 5.32 Å². The lowest BCUT2D eigenvalue weighted by atomic mass is 10.1. The molecule has 0 aliphatic rings. The highest BCUT2D eigenvalue weighted by Crippen LogP contribution is 2.23. The molecule has 1 aromatic carbocycles. The number of rotatable bonds is 4. The van der Waals surface area contributed by atoms with Crippen molar-refractivity contribution in [3.63, 3.8) is 0 Å². The van der Waals surface area contributed by atoms with Gasteiger partial charge in [-0.2, -0.15) is 0 Å². The average Bonchev–Trinajstić information content (AvgIpc) is 2.38. The third-order valence-corrected chi connectivity index (χ3v) is 3.32. The number of hydrogen-bond acceptors (Lipinski definition) is 3. The minimum atomic E-state index is 0.498. The minimum Gasteiger partial charge on any atom is -0.340 e. The third kappa shape index (κ3) is 3.44. The first-order valence-electron chi connectivity index (χ1n) is 6.47. The topological polar surface area (TPSA) is 37.8 Å². The van der Waals surface area contributed by atoms with Crippen molar-refractivity contribution < 1.29 is 0 Å². The lowest BCUT2D eigenvalue weighted by Crippen LogP contribution is -2.01. The number of nitrogens with one attached hydrogen (secondary N) is 1. The predicted octanol–water partition coefficient (Wildman–Crippen LogP) is 4.44. The molecule has 0 saturated heterocycles. The Morgan fingerprint density at radius 2 is 1.79 bits per heavy atom. The van der Waals surface area contributed by atoms with Crippen LogP contribution in [0.3, 0.4) is 0 Å². The van der Waals surface area contributed by atoms with Crippen LogP contribution in [0.5, 0.6) is 0 Å². The van der Waals surface area contributed by atoms with Crippen molar-refractivity contribution in [2.45, 2.75) is 33.6 Å². The lowest BCUT2D eigenvalue weighted by Gasteiger charge is -2.10. The summed E-state index contributed by atoms with van der Waals surface area (Å²) in [4.78, 5) is 8.51. The molecule has 0 unspecified atom stereocenters. The molecule has 0 radical (unpaired) electrons. The summed E-state index contributed by atoms with van der Waals surface area (Å²) in [7, 11) is 0. The molecule has 4 heteroatoms. The van der Waals surface area contributed by atoms with Crippen LogP contribution in [0.1, 0.15) is 30.3 Å². The van der Waals surface area contributed by atoms with Gasteiger partial charge in [0.15, 0.2) is 0 Å². The Morgan fingerprint density at radius 3 is 2.42 bits per heavy atom. The van der Waals surface area contributed by atoms with Gasteiger partial charge in [0.25, 0.3) is 0 Å². The molecule has 1 N–H and O–H groups in total. The predicted molar refractivity (Wildman–Crippen MR) is 80.2 cm³/mol. The van der Waals surface area contributed by atoms with Gasteiger partial charge in [-0.3, -0.25) is 0 Å². The summed E-state index contributed by atoms with van der Waals surface area (Å²) in [6.07, 6.45) is 2.27. The van der Waals surface area contributed by atoms with Crippen LogP contribution in [0, 0.1) is 13.8 Å². The number of benzene rings is 1. The Kier molecular flexibility index (Phi) is 4.38. The number of halogens is 1. The Balaban J connectivity index is 2.21. The normalized spacial score (nSPS) is 10.5. The zero-order valence-corrected chi connectivity index (χ0v) is 12.3. The number of aromatic nitrogens is 2. The lowest BCUT2D eigenvalue weighted by molar-refractivity contribution is 0.922. The van der Waals surface area contributed by atoms with Crippen molar-refractivity contribution in [1.29, 1.82) is 0 Å². The molecule has 1 aromatic heterocycles. The number of aryl methyl sites for hydroxylation is 2. The molecule has 0 aliphatic heterocycles. The van der Waals surface area contributed by atoms with Crippen LogP contribution >= 0.6 is 11.6 Å². The maximum atomic E-state index is 6.06. The molecule has 2 rings (SSSR count). The zero-order valence-electron chi connectivity index (χ0n) is 11.5. The van der Waals surface area contributed by atoms with Crippen molar-refractivity contribution >= 4 is 23.1 Å². The van der Waals surface area contributed by atoms with E-state index in [2.05, 4.69) is 46.5 Å². The second-order valence-corrected chi connectivity index (χ2v) is 4.97. The zero-order chi connectivity index (χ0) is 13.8. The molecule has 19 heavy (non-hydrogen) atoms. The second-order valence-electron chi connectivity index (χ2n) is 4.61. The van der Waals surface area contributed by atoms with Crippen molar-refractivity contribution in [3.05, 3.63) is 46.4 Å². The minimum absolute atomic E-state index is 0.498. The van der Waals surface area contributed by atoms with E-state index in [4.69, 9.17) is 11.6 Å². The fourth-order valence-corrected chi connectivity index (χ4v) is 2.11. The van der Waals surface area contributed by atoms with Crippen LogP contribution in [-0.2, 0) is 6.42 Å². The van der Waals surface area contributed by atoms with Crippen LogP contribution in [0.15, 0.2) is 24.3 Å². The van der Waals surface area contributed by atoms with Crippen LogP contribution in [-0.4, -0.2) is 9.97 Å².